The van der Waals surface area contributed by atoms with Gasteiger partial charge in [0.15, 0.2) is 5.78 Å². The minimum atomic E-state index is -0.930. The number of carbonyl (C=O) groups is 5. The highest BCUT2D eigenvalue weighted by Gasteiger charge is 2.69. The zero-order valence-electron chi connectivity index (χ0n) is 28.2. The Labute approximate surface area is 289 Å². The van der Waals surface area contributed by atoms with Crippen molar-refractivity contribution in [1.82, 2.24) is 25.8 Å². The van der Waals surface area contributed by atoms with E-state index in [2.05, 4.69) is 34.8 Å². The van der Waals surface area contributed by atoms with Crippen LogP contribution >= 0.6 is 11.3 Å². The van der Waals surface area contributed by atoms with E-state index in [1.165, 1.54) is 11.3 Å². The first-order valence-electron chi connectivity index (χ1n) is 17.2. The van der Waals surface area contributed by atoms with E-state index < -0.39 is 30.0 Å². The molecule has 6 atom stereocenters. The van der Waals surface area contributed by atoms with Gasteiger partial charge in [-0.2, -0.15) is 0 Å². The quantitative estimate of drug-likeness (QED) is 0.167. The number of benzene rings is 2. The van der Waals surface area contributed by atoms with Gasteiger partial charge in [-0.3, -0.25) is 24.0 Å². The highest BCUT2D eigenvalue weighted by Crippen LogP contribution is 2.65. The van der Waals surface area contributed by atoms with E-state index in [4.69, 9.17) is 0 Å². The summed E-state index contributed by atoms with van der Waals surface area (Å²) >= 11 is 1.37. The lowest BCUT2D eigenvalue weighted by atomic mass is 9.93. The summed E-state index contributed by atoms with van der Waals surface area (Å²) in [7, 11) is 0. The van der Waals surface area contributed by atoms with Crippen molar-refractivity contribution in [2.24, 2.45) is 29.1 Å². The maximum absolute atomic E-state index is 14.4. The summed E-state index contributed by atoms with van der Waals surface area (Å²) in [5.74, 6) is -1.71. The molecule has 1 saturated carbocycles. The van der Waals surface area contributed by atoms with Gasteiger partial charge >= 0.3 is 0 Å². The normalized spacial score (nSPS) is 23.7. The van der Waals surface area contributed by atoms with Gasteiger partial charge in [-0.1, -0.05) is 64.1 Å². The summed E-state index contributed by atoms with van der Waals surface area (Å²) in [6.07, 6.45) is 1.17. The van der Waals surface area contributed by atoms with Crippen LogP contribution in [0.3, 0.4) is 0 Å². The molecule has 2 aliphatic heterocycles. The molecule has 3 fully saturated rings. The van der Waals surface area contributed by atoms with E-state index in [0.717, 1.165) is 21.0 Å². The van der Waals surface area contributed by atoms with Crippen LogP contribution < -0.4 is 16.0 Å². The Morgan fingerprint density at radius 1 is 0.980 bits per heavy atom. The molecular weight excluding hydrogens is 639 g/mol. The van der Waals surface area contributed by atoms with Gasteiger partial charge in [0.1, 0.15) is 17.8 Å². The number of amides is 4. The number of para-hydroxylation sites is 1. The van der Waals surface area contributed by atoms with Crippen molar-refractivity contribution in [2.75, 3.05) is 13.1 Å². The largest absolute Gasteiger partial charge is 0.356 e. The second-order valence-corrected chi connectivity index (χ2v) is 16.0. The summed E-state index contributed by atoms with van der Waals surface area (Å²) < 4.78 is 0.968. The third-order valence-electron chi connectivity index (χ3n) is 10.8. The predicted molar refractivity (Wildman–Crippen MR) is 189 cm³/mol. The Morgan fingerprint density at radius 2 is 1.71 bits per heavy atom. The second-order valence-electron chi connectivity index (χ2n) is 14.9. The monoisotopic (exact) mass is 681 g/mol. The summed E-state index contributed by atoms with van der Waals surface area (Å²) in [5, 5.41) is 10.7. The second kappa shape index (κ2) is 12.7. The van der Waals surface area contributed by atoms with E-state index in [1.807, 2.05) is 68.4 Å². The van der Waals surface area contributed by atoms with Gasteiger partial charge in [0, 0.05) is 34.6 Å². The van der Waals surface area contributed by atoms with Gasteiger partial charge in [-0.05, 0) is 72.1 Å². The SMILES string of the molecule is CC(C)C[C@H](NC(=O)c1cc2ccccc2[nH]1)C(=O)N1C[C@H]2[C@@H]([C@H]1C(=O)N[C@@H](C[C@@H]1CCNC1=O)C(=O)c1cc3ccccc3s1)C2(C)C. The number of carbonyl (C=O) groups excluding carboxylic acids is 5. The first kappa shape index (κ1) is 33.0. The number of likely N-dealkylation sites (tertiary alicyclic amines) is 1. The Balaban J connectivity index is 1.14. The molecule has 2 aromatic carbocycles. The van der Waals surface area contributed by atoms with Crippen molar-refractivity contribution < 1.29 is 24.0 Å². The Morgan fingerprint density at radius 3 is 2.41 bits per heavy atom. The summed E-state index contributed by atoms with van der Waals surface area (Å²) in [6.45, 7) is 9.13. The van der Waals surface area contributed by atoms with Gasteiger partial charge in [-0.25, -0.2) is 0 Å². The van der Waals surface area contributed by atoms with Crippen LogP contribution in [0.5, 0.6) is 0 Å². The number of hydrogen-bond donors (Lipinski definition) is 4. The topological polar surface area (TPSA) is 140 Å². The fraction of sp³-hybridized carbons (Fsp3) is 0.447. The molecule has 4 aromatic rings. The molecule has 11 heteroatoms. The fourth-order valence-electron chi connectivity index (χ4n) is 8.06. The summed E-state index contributed by atoms with van der Waals surface area (Å²) in [6, 6.07) is 16.4. The molecule has 49 heavy (non-hydrogen) atoms. The smallest absolute Gasteiger partial charge is 0.268 e. The molecule has 0 radical (unpaired) electrons. The molecule has 4 N–H and O–H groups in total. The predicted octanol–water partition coefficient (Wildman–Crippen LogP) is 4.90. The van der Waals surface area contributed by atoms with E-state index in [9.17, 15) is 24.0 Å². The van der Waals surface area contributed by atoms with Gasteiger partial charge < -0.3 is 25.8 Å². The minimum Gasteiger partial charge on any atom is -0.356 e. The molecule has 2 aromatic heterocycles. The van der Waals surface area contributed by atoms with Gasteiger partial charge in [0.25, 0.3) is 5.91 Å². The number of Topliss-reactive ketones (excluding diaryl/α,β-unsaturated/α-hetero) is 1. The Bertz CT molecular complexity index is 1900. The van der Waals surface area contributed by atoms with Crippen molar-refractivity contribution in [3.05, 3.63) is 71.2 Å². The highest BCUT2D eigenvalue weighted by atomic mass is 32.1. The number of aromatic amines is 1. The van der Waals surface area contributed by atoms with Gasteiger partial charge in [0.2, 0.25) is 17.7 Å². The number of thiophene rings is 1. The number of rotatable bonds is 11. The highest BCUT2D eigenvalue weighted by molar-refractivity contribution is 7.20. The zero-order chi connectivity index (χ0) is 34.6. The molecular formula is C38H43N5O5S. The Kier molecular flexibility index (Phi) is 8.59. The lowest BCUT2D eigenvalue weighted by Gasteiger charge is -2.34. The number of fused-ring (bicyclic) bond motifs is 3. The van der Waals surface area contributed by atoms with Gasteiger partial charge in [-0.15, -0.1) is 11.3 Å². The van der Waals surface area contributed by atoms with Gasteiger partial charge in [0.05, 0.1) is 10.9 Å². The van der Waals surface area contributed by atoms with Crippen molar-refractivity contribution in [2.45, 2.75) is 65.1 Å². The maximum Gasteiger partial charge on any atom is 0.268 e. The van der Waals surface area contributed by atoms with Crippen LogP contribution in [-0.2, 0) is 14.4 Å². The van der Waals surface area contributed by atoms with Crippen LogP contribution in [0.25, 0.3) is 21.0 Å². The van der Waals surface area contributed by atoms with E-state index in [-0.39, 0.29) is 53.1 Å². The first-order valence-corrected chi connectivity index (χ1v) is 18.0. The molecule has 4 amide bonds. The Hall–Kier alpha value is -4.51. The fourth-order valence-corrected chi connectivity index (χ4v) is 9.11. The number of aromatic nitrogens is 1. The van der Waals surface area contributed by atoms with Crippen LogP contribution in [0.4, 0.5) is 0 Å². The molecule has 4 heterocycles. The minimum absolute atomic E-state index is 0.0876. The zero-order valence-corrected chi connectivity index (χ0v) is 29.1. The average molecular weight is 682 g/mol. The number of nitrogens with one attached hydrogen (secondary N) is 4. The molecule has 2 saturated heterocycles. The number of piperidine rings is 1. The lowest BCUT2D eigenvalue weighted by Crippen LogP contribution is -2.57. The van der Waals surface area contributed by atoms with Crippen LogP contribution in [0.15, 0.2) is 60.7 Å². The van der Waals surface area contributed by atoms with Crippen LogP contribution in [0, 0.1) is 29.1 Å². The summed E-state index contributed by atoms with van der Waals surface area (Å²) in [4.78, 5) is 74.2. The molecule has 256 valence electrons. The molecule has 3 aliphatic rings. The lowest BCUT2D eigenvalue weighted by molar-refractivity contribution is -0.142. The number of hydrogen-bond acceptors (Lipinski definition) is 6. The molecule has 7 rings (SSSR count). The van der Waals surface area contributed by atoms with Crippen molar-refractivity contribution in [3.63, 3.8) is 0 Å². The number of nitrogens with zero attached hydrogens (tertiary/aromatic N) is 1. The van der Waals surface area contributed by atoms with Crippen molar-refractivity contribution in [3.8, 4) is 0 Å². The number of ketones is 1. The third kappa shape index (κ3) is 6.24. The van der Waals surface area contributed by atoms with Crippen molar-refractivity contribution >= 4 is 61.7 Å². The van der Waals surface area contributed by atoms with Crippen LogP contribution in [0.2, 0.25) is 0 Å². The van der Waals surface area contributed by atoms with Crippen LogP contribution in [-0.4, -0.2) is 70.5 Å². The average Bonchev–Trinajstić information content (AvgIpc) is 3.72. The molecule has 1 aliphatic carbocycles. The molecule has 0 bridgehead atoms. The molecule has 0 spiro atoms. The molecule has 0 unspecified atom stereocenters. The van der Waals surface area contributed by atoms with E-state index >= 15 is 0 Å². The standard InChI is InChI=1S/C38H43N5O5S/c1-20(2)15-28(42-35(46)27-16-21-9-5-7-11-25(21)40-27)37(48)43-19-24-31(38(24,3)4)32(43)36(47)41-26(17-23-13-14-39-34(23)45)33(44)30-18-22-10-6-8-12-29(22)49-30/h5-12,16,18,20,23-24,26,28,31-32,40H,13-15,17,19H2,1-4H3,(H,39,45)(H,41,47)(H,42,46)/t23-,24-,26-,28-,31-,32-/m0/s1. The maximum atomic E-state index is 14.4. The van der Waals surface area contributed by atoms with E-state index in [1.54, 1.807) is 11.0 Å². The third-order valence-corrected chi connectivity index (χ3v) is 12.0. The van der Waals surface area contributed by atoms with E-state index in [0.29, 0.717) is 36.5 Å². The van der Waals surface area contributed by atoms with Crippen molar-refractivity contribution in [1.29, 1.82) is 0 Å². The number of H-pyrrole nitrogens is 1. The summed E-state index contributed by atoms with van der Waals surface area (Å²) in [5.41, 5.74) is 1.03. The first-order chi connectivity index (χ1) is 23.4. The van der Waals surface area contributed by atoms with Crippen LogP contribution in [0.1, 0.15) is 67.1 Å². The molecule has 10 nitrogen and oxygen atoms in total.